The van der Waals surface area contributed by atoms with E-state index in [0.29, 0.717) is 0 Å². The van der Waals surface area contributed by atoms with Crippen LogP contribution in [-0.4, -0.2) is 0 Å². The van der Waals surface area contributed by atoms with E-state index in [1.54, 1.807) is 5.57 Å². The average molecular weight is 190 g/mol. The molecule has 1 aliphatic carbocycles. The van der Waals surface area contributed by atoms with Crippen LogP contribution in [0.5, 0.6) is 0 Å². The van der Waals surface area contributed by atoms with Crippen LogP contribution in [0, 0.1) is 0 Å². The molecule has 0 bridgehead atoms. The fraction of sp³-hybridized carbons (Fsp3) is 0.571. The summed E-state index contributed by atoms with van der Waals surface area (Å²) in [7, 11) is 0. The Bertz CT molecular complexity index is 241. The van der Waals surface area contributed by atoms with E-state index in [1.165, 1.54) is 44.1 Å². The molecule has 0 N–H and O–H groups in total. The highest BCUT2D eigenvalue weighted by atomic mass is 14.0. The lowest BCUT2D eigenvalue weighted by atomic mass is 10.0. The zero-order valence-electron chi connectivity index (χ0n) is 9.55. The number of hydrogen-bond acceptors (Lipinski definition) is 0. The molecule has 0 atom stereocenters. The van der Waals surface area contributed by atoms with Gasteiger partial charge in [0.25, 0.3) is 0 Å². The third kappa shape index (κ3) is 4.45. The van der Waals surface area contributed by atoms with Crippen LogP contribution < -0.4 is 0 Å². The number of hydrogen-bond donors (Lipinski definition) is 0. The molecule has 0 heterocycles. The van der Waals surface area contributed by atoms with Gasteiger partial charge in [0.15, 0.2) is 0 Å². The van der Waals surface area contributed by atoms with Crippen molar-refractivity contribution in [3.63, 3.8) is 0 Å². The van der Waals surface area contributed by atoms with Crippen LogP contribution in [-0.2, 0) is 0 Å². The van der Waals surface area contributed by atoms with Crippen molar-refractivity contribution in [2.24, 2.45) is 0 Å². The third-order valence-electron chi connectivity index (χ3n) is 2.94. The molecule has 1 rings (SSSR count). The van der Waals surface area contributed by atoms with Gasteiger partial charge in [0.2, 0.25) is 0 Å². The standard InChI is InChI=1S/C14H22/c1-13-11-9-7-5-3-4-6-8-10-12-14(13)2/h5,7,9,11H,3-4,6,8,10,12H2,1-2H3/b7-5-,11-9+,14-13-. The molecule has 0 saturated carbocycles. The van der Waals surface area contributed by atoms with Crippen molar-refractivity contribution in [2.75, 3.05) is 0 Å². The molecular weight excluding hydrogens is 168 g/mol. The van der Waals surface area contributed by atoms with E-state index in [0.717, 1.165) is 0 Å². The van der Waals surface area contributed by atoms with Crippen LogP contribution in [0.15, 0.2) is 35.5 Å². The predicted molar refractivity (Wildman–Crippen MR) is 64.4 cm³/mol. The van der Waals surface area contributed by atoms with E-state index in [4.69, 9.17) is 0 Å². The minimum absolute atomic E-state index is 1.24. The molecule has 0 fully saturated rings. The number of rotatable bonds is 0. The summed E-state index contributed by atoms with van der Waals surface area (Å²) in [5.74, 6) is 0. The highest BCUT2D eigenvalue weighted by molar-refractivity contribution is 5.25. The maximum absolute atomic E-state index is 2.28. The summed E-state index contributed by atoms with van der Waals surface area (Å²) >= 11 is 0. The Morgan fingerprint density at radius 3 is 2.57 bits per heavy atom. The van der Waals surface area contributed by atoms with Gasteiger partial charge in [0, 0.05) is 0 Å². The fourth-order valence-corrected chi connectivity index (χ4v) is 1.72. The van der Waals surface area contributed by atoms with Crippen molar-refractivity contribution in [1.82, 2.24) is 0 Å². The Hall–Kier alpha value is -0.780. The summed E-state index contributed by atoms with van der Waals surface area (Å²) in [4.78, 5) is 0. The molecule has 0 radical (unpaired) electrons. The highest BCUT2D eigenvalue weighted by Crippen LogP contribution is 2.15. The van der Waals surface area contributed by atoms with Gasteiger partial charge in [-0.3, -0.25) is 0 Å². The van der Waals surface area contributed by atoms with Gasteiger partial charge in [-0.05, 0) is 39.5 Å². The minimum atomic E-state index is 1.24. The molecule has 1 aliphatic rings. The van der Waals surface area contributed by atoms with E-state index in [1.807, 2.05) is 0 Å². The zero-order valence-corrected chi connectivity index (χ0v) is 9.55. The predicted octanol–water partition coefficient (Wildman–Crippen LogP) is 4.79. The average Bonchev–Trinajstić information content (AvgIpc) is 2.18. The summed E-state index contributed by atoms with van der Waals surface area (Å²) in [6.07, 6.45) is 16.9. The first kappa shape index (κ1) is 11.3. The Balaban J connectivity index is 2.61. The van der Waals surface area contributed by atoms with E-state index in [9.17, 15) is 0 Å². The SMILES string of the molecule is CC1=C(/C)CCCCCC\C=C/C=C/1. The van der Waals surface area contributed by atoms with Gasteiger partial charge in [-0.2, -0.15) is 0 Å². The van der Waals surface area contributed by atoms with Gasteiger partial charge in [0.1, 0.15) is 0 Å². The van der Waals surface area contributed by atoms with E-state index in [-0.39, 0.29) is 0 Å². The molecule has 0 aliphatic heterocycles. The monoisotopic (exact) mass is 190 g/mol. The van der Waals surface area contributed by atoms with Gasteiger partial charge in [0.05, 0.1) is 0 Å². The summed E-state index contributed by atoms with van der Waals surface area (Å²) in [5, 5.41) is 0. The van der Waals surface area contributed by atoms with Crippen molar-refractivity contribution in [2.45, 2.75) is 52.4 Å². The smallest absolute Gasteiger partial charge is 0.0317 e. The molecule has 0 unspecified atom stereocenters. The third-order valence-corrected chi connectivity index (χ3v) is 2.94. The van der Waals surface area contributed by atoms with Crippen LogP contribution in [0.4, 0.5) is 0 Å². The van der Waals surface area contributed by atoms with Crippen LogP contribution in [0.3, 0.4) is 0 Å². The molecule has 0 aromatic rings. The van der Waals surface area contributed by atoms with E-state index < -0.39 is 0 Å². The Labute approximate surface area is 88.4 Å². The second-order valence-corrected chi connectivity index (χ2v) is 4.20. The first-order chi connectivity index (χ1) is 6.80. The Kier molecular flexibility index (Phi) is 5.36. The van der Waals surface area contributed by atoms with Crippen molar-refractivity contribution in [1.29, 1.82) is 0 Å². The van der Waals surface area contributed by atoms with Gasteiger partial charge in [-0.15, -0.1) is 0 Å². The lowest BCUT2D eigenvalue weighted by molar-refractivity contribution is 0.643. The number of allylic oxidation sites excluding steroid dienone is 6. The largest absolute Gasteiger partial charge is 0.0845 e. The highest BCUT2D eigenvalue weighted by Gasteiger charge is 1.95. The molecule has 14 heavy (non-hydrogen) atoms. The van der Waals surface area contributed by atoms with Crippen LogP contribution in [0.1, 0.15) is 52.4 Å². The molecular formula is C14H22. The molecule has 0 nitrogen and oxygen atoms in total. The first-order valence-electron chi connectivity index (χ1n) is 5.80. The van der Waals surface area contributed by atoms with Gasteiger partial charge in [-0.25, -0.2) is 0 Å². The quantitative estimate of drug-likeness (QED) is 0.515. The molecule has 0 aromatic carbocycles. The molecule has 0 heteroatoms. The lowest BCUT2D eigenvalue weighted by Crippen LogP contribution is -1.85. The molecule has 0 saturated heterocycles. The molecule has 78 valence electrons. The van der Waals surface area contributed by atoms with Crippen molar-refractivity contribution < 1.29 is 0 Å². The van der Waals surface area contributed by atoms with Crippen LogP contribution >= 0.6 is 0 Å². The summed E-state index contributed by atoms with van der Waals surface area (Å²) < 4.78 is 0. The first-order valence-corrected chi connectivity index (χ1v) is 5.80. The maximum Gasteiger partial charge on any atom is -0.0317 e. The Morgan fingerprint density at radius 1 is 0.929 bits per heavy atom. The van der Waals surface area contributed by atoms with E-state index >= 15 is 0 Å². The summed E-state index contributed by atoms with van der Waals surface area (Å²) in [6, 6.07) is 0. The maximum atomic E-state index is 2.28. The fourth-order valence-electron chi connectivity index (χ4n) is 1.72. The van der Waals surface area contributed by atoms with Crippen LogP contribution in [0.2, 0.25) is 0 Å². The van der Waals surface area contributed by atoms with E-state index in [2.05, 4.69) is 38.2 Å². The second kappa shape index (κ2) is 6.64. The molecule has 0 amide bonds. The van der Waals surface area contributed by atoms with Gasteiger partial charge in [-0.1, -0.05) is 48.3 Å². The second-order valence-electron chi connectivity index (χ2n) is 4.20. The van der Waals surface area contributed by atoms with Crippen molar-refractivity contribution in [3.05, 3.63) is 35.5 Å². The van der Waals surface area contributed by atoms with Gasteiger partial charge < -0.3 is 0 Å². The normalized spacial score (nSPS) is 30.1. The molecule has 0 spiro atoms. The Morgan fingerprint density at radius 2 is 1.71 bits per heavy atom. The van der Waals surface area contributed by atoms with Gasteiger partial charge >= 0.3 is 0 Å². The minimum Gasteiger partial charge on any atom is -0.0845 e. The summed E-state index contributed by atoms with van der Waals surface area (Å²) in [6.45, 7) is 4.47. The van der Waals surface area contributed by atoms with Crippen molar-refractivity contribution in [3.8, 4) is 0 Å². The lowest BCUT2D eigenvalue weighted by Gasteiger charge is -2.05. The van der Waals surface area contributed by atoms with Crippen molar-refractivity contribution >= 4 is 0 Å². The molecule has 0 aromatic heterocycles. The zero-order chi connectivity index (χ0) is 10.2. The topological polar surface area (TPSA) is 0 Å². The van der Waals surface area contributed by atoms with Crippen LogP contribution in [0.25, 0.3) is 0 Å². The summed E-state index contributed by atoms with van der Waals surface area (Å²) in [5.41, 5.74) is 2.99.